The Bertz CT molecular complexity index is 470. The van der Waals surface area contributed by atoms with E-state index in [9.17, 15) is 8.42 Å². The van der Waals surface area contributed by atoms with Crippen LogP contribution < -0.4 is 0 Å². The molecule has 0 heterocycles. The summed E-state index contributed by atoms with van der Waals surface area (Å²) in [5.74, 6) is 0. The highest BCUT2D eigenvalue weighted by Gasteiger charge is 2.35. The summed E-state index contributed by atoms with van der Waals surface area (Å²) in [6, 6.07) is 8.56. The maximum Gasteiger partial charge on any atom is 0.183 e. The van der Waals surface area contributed by atoms with Crippen molar-refractivity contribution in [3.8, 4) is 0 Å². The number of hydrogen-bond acceptors (Lipinski definition) is 2. The fourth-order valence-electron chi connectivity index (χ4n) is 1.74. The molecule has 0 fully saturated rings. The Morgan fingerprint density at radius 2 is 1.75 bits per heavy atom. The summed E-state index contributed by atoms with van der Waals surface area (Å²) in [6.45, 7) is 9.11. The van der Waals surface area contributed by atoms with Crippen molar-refractivity contribution in [1.29, 1.82) is 0 Å². The molecule has 0 radical (unpaired) electrons. The Kier molecular flexibility index (Phi) is 3.58. The van der Waals surface area contributed by atoms with Gasteiger partial charge in [-0.15, -0.1) is 6.58 Å². The number of sulfone groups is 1. The number of benzene rings is 1. The van der Waals surface area contributed by atoms with E-state index in [0.29, 0.717) is 11.3 Å². The molecule has 16 heavy (non-hydrogen) atoms. The van der Waals surface area contributed by atoms with Crippen molar-refractivity contribution < 1.29 is 8.42 Å². The van der Waals surface area contributed by atoms with E-state index in [4.69, 9.17) is 0 Å². The number of rotatable bonds is 4. The third-order valence-corrected chi connectivity index (χ3v) is 5.00. The second-order valence-corrected chi connectivity index (χ2v) is 7.29. The number of hydrogen-bond donors (Lipinski definition) is 0. The van der Waals surface area contributed by atoms with Crippen LogP contribution in [0.15, 0.2) is 47.4 Å². The minimum absolute atomic E-state index is 0.376. The van der Waals surface area contributed by atoms with Gasteiger partial charge in [0.15, 0.2) is 9.84 Å². The van der Waals surface area contributed by atoms with Crippen LogP contribution in [0.3, 0.4) is 0 Å². The van der Waals surface area contributed by atoms with Crippen LogP contribution in [-0.2, 0) is 9.84 Å². The van der Waals surface area contributed by atoms with Crippen molar-refractivity contribution >= 4 is 9.84 Å². The van der Waals surface area contributed by atoms with E-state index >= 15 is 0 Å². The molecular formula is C13H18O2S. The molecule has 1 rings (SSSR count). The lowest BCUT2D eigenvalue weighted by molar-refractivity contribution is 0.543. The van der Waals surface area contributed by atoms with E-state index in [1.807, 2.05) is 13.0 Å². The first-order chi connectivity index (χ1) is 7.27. The van der Waals surface area contributed by atoms with Crippen LogP contribution in [0.25, 0.3) is 0 Å². The number of allylic oxidation sites excluding steroid dienone is 1. The lowest BCUT2D eigenvalue weighted by Crippen LogP contribution is -2.32. The van der Waals surface area contributed by atoms with E-state index in [2.05, 4.69) is 6.58 Å². The summed E-state index contributed by atoms with van der Waals surface area (Å²) in [6.07, 6.45) is 0.476. The van der Waals surface area contributed by atoms with Gasteiger partial charge in [0, 0.05) is 0 Å². The molecule has 0 atom stereocenters. The molecule has 88 valence electrons. The van der Waals surface area contributed by atoms with Gasteiger partial charge in [0.05, 0.1) is 9.64 Å². The van der Waals surface area contributed by atoms with Crippen LogP contribution in [0.5, 0.6) is 0 Å². The van der Waals surface area contributed by atoms with E-state index < -0.39 is 14.6 Å². The molecule has 0 aliphatic rings. The van der Waals surface area contributed by atoms with E-state index in [0.717, 1.165) is 5.57 Å². The van der Waals surface area contributed by atoms with E-state index in [1.165, 1.54) is 0 Å². The van der Waals surface area contributed by atoms with Crippen LogP contribution in [-0.4, -0.2) is 13.2 Å². The van der Waals surface area contributed by atoms with Gasteiger partial charge < -0.3 is 0 Å². The first-order valence-electron chi connectivity index (χ1n) is 5.21. The second-order valence-electron chi connectivity index (χ2n) is 4.71. The molecule has 0 aliphatic heterocycles. The average Bonchev–Trinajstić information content (AvgIpc) is 2.17. The van der Waals surface area contributed by atoms with Gasteiger partial charge in [-0.3, -0.25) is 0 Å². The minimum Gasteiger partial charge on any atom is -0.223 e. The van der Waals surface area contributed by atoms with Gasteiger partial charge in [0.2, 0.25) is 0 Å². The molecule has 0 N–H and O–H groups in total. The summed E-state index contributed by atoms with van der Waals surface area (Å²) < 4.78 is 23.9. The third kappa shape index (κ3) is 2.53. The van der Waals surface area contributed by atoms with Gasteiger partial charge in [-0.1, -0.05) is 23.8 Å². The Labute approximate surface area is 97.9 Å². The summed E-state index contributed by atoms with van der Waals surface area (Å²) in [7, 11) is -3.29. The van der Waals surface area contributed by atoms with Gasteiger partial charge in [-0.05, 0) is 39.3 Å². The molecule has 1 aromatic rings. The zero-order valence-electron chi connectivity index (χ0n) is 10.0. The smallest absolute Gasteiger partial charge is 0.183 e. The van der Waals surface area contributed by atoms with Gasteiger partial charge in [-0.2, -0.15) is 0 Å². The highest BCUT2D eigenvalue weighted by atomic mass is 32.2. The van der Waals surface area contributed by atoms with Crippen LogP contribution in [0.2, 0.25) is 0 Å². The third-order valence-electron chi connectivity index (χ3n) is 2.51. The fraction of sp³-hybridized carbons (Fsp3) is 0.385. The highest BCUT2D eigenvalue weighted by Crippen LogP contribution is 2.30. The van der Waals surface area contributed by atoms with E-state index in [-0.39, 0.29) is 0 Å². The van der Waals surface area contributed by atoms with Gasteiger partial charge in [0.1, 0.15) is 0 Å². The van der Waals surface area contributed by atoms with Gasteiger partial charge in [0.25, 0.3) is 0 Å². The van der Waals surface area contributed by atoms with Crippen molar-refractivity contribution in [2.45, 2.75) is 36.8 Å². The monoisotopic (exact) mass is 238 g/mol. The van der Waals surface area contributed by atoms with Crippen molar-refractivity contribution in [2.75, 3.05) is 0 Å². The Hall–Kier alpha value is -1.09. The Morgan fingerprint density at radius 1 is 1.25 bits per heavy atom. The molecule has 0 saturated carbocycles. The molecule has 0 amide bonds. The Balaban J connectivity index is 3.17. The molecule has 0 bridgehead atoms. The quantitative estimate of drug-likeness (QED) is 0.755. The average molecular weight is 238 g/mol. The topological polar surface area (TPSA) is 34.1 Å². The normalized spacial score (nSPS) is 12.4. The molecule has 0 unspecified atom stereocenters. The molecule has 1 aromatic carbocycles. The van der Waals surface area contributed by atoms with Gasteiger partial charge >= 0.3 is 0 Å². The summed E-state index contributed by atoms with van der Waals surface area (Å²) in [5.41, 5.74) is 0.879. The second kappa shape index (κ2) is 4.42. The highest BCUT2D eigenvalue weighted by molar-refractivity contribution is 7.92. The van der Waals surface area contributed by atoms with Gasteiger partial charge in [-0.25, -0.2) is 8.42 Å². The first-order valence-corrected chi connectivity index (χ1v) is 6.70. The fourth-order valence-corrected chi connectivity index (χ4v) is 3.33. The lowest BCUT2D eigenvalue weighted by Gasteiger charge is -2.25. The minimum atomic E-state index is -3.29. The maximum atomic E-state index is 12.3. The summed E-state index contributed by atoms with van der Waals surface area (Å²) >= 11 is 0. The lowest BCUT2D eigenvalue weighted by atomic mass is 10.1. The standard InChI is InChI=1S/C13H18O2S/c1-11(2)10-13(3,4)16(14,15)12-8-6-5-7-9-12/h5-9H,1,10H2,2-4H3. The largest absolute Gasteiger partial charge is 0.223 e. The van der Waals surface area contributed by atoms with Crippen LogP contribution >= 0.6 is 0 Å². The molecular weight excluding hydrogens is 220 g/mol. The van der Waals surface area contributed by atoms with E-state index in [1.54, 1.807) is 38.1 Å². The van der Waals surface area contributed by atoms with Crippen molar-refractivity contribution in [2.24, 2.45) is 0 Å². The predicted octanol–water partition coefficient (Wildman–Crippen LogP) is 3.21. The van der Waals surface area contributed by atoms with Crippen molar-refractivity contribution in [3.05, 3.63) is 42.5 Å². The van der Waals surface area contributed by atoms with Crippen LogP contribution in [0.4, 0.5) is 0 Å². The zero-order valence-corrected chi connectivity index (χ0v) is 10.8. The Morgan fingerprint density at radius 3 is 2.19 bits per heavy atom. The maximum absolute atomic E-state index is 12.3. The first kappa shape index (κ1) is 13.0. The molecule has 0 saturated heterocycles. The summed E-state index contributed by atoms with van der Waals surface area (Å²) in [5, 5.41) is 0. The SMILES string of the molecule is C=C(C)CC(C)(C)S(=O)(=O)c1ccccc1. The zero-order chi connectivity index (χ0) is 12.4. The molecule has 0 spiro atoms. The summed E-state index contributed by atoms with van der Waals surface area (Å²) in [4.78, 5) is 0.376. The molecule has 3 heteroatoms. The molecule has 0 aromatic heterocycles. The molecule has 0 aliphatic carbocycles. The van der Waals surface area contributed by atoms with Crippen LogP contribution in [0.1, 0.15) is 27.2 Å². The van der Waals surface area contributed by atoms with Crippen molar-refractivity contribution in [1.82, 2.24) is 0 Å². The van der Waals surface area contributed by atoms with Crippen LogP contribution in [0, 0.1) is 0 Å². The van der Waals surface area contributed by atoms with Crippen molar-refractivity contribution in [3.63, 3.8) is 0 Å². The predicted molar refractivity (Wildman–Crippen MR) is 67.1 cm³/mol. The molecule has 2 nitrogen and oxygen atoms in total.